The van der Waals surface area contributed by atoms with Gasteiger partial charge in [-0.2, -0.15) is 13.2 Å². The fourth-order valence-corrected chi connectivity index (χ4v) is 2.02. The second-order valence-corrected chi connectivity index (χ2v) is 4.37. The summed E-state index contributed by atoms with van der Waals surface area (Å²) in [6.07, 6.45) is -3.90. The van der Waals surface area contributed by atoms with Gasteiger partial charge in [-0.15, -0.1) is 5.10 Å². The Balaban J connectivity index is 2.43. The lowest BCUT2D eigenvalue weighted by Crippen LogP contribution is -2.15. The SMILES string of the molecule is CCCn1nncc1C(O)c1ccccc1C(F)(F)F. The van der Waals surface area contributed by atoms with Crippen LogP contribution >= 0.6 is 0 Å². The number of rotatable bonds is 4. The van der Waals surface area contributed by atoms with Crippen LogP contribution in [0.15, 0.2) is 30.5 Å². The first-order valence-corrected chi connectivity index (χ1v) is 6.17. The average Bonchev–Trinajstić information content (AvgIpc) is 2.85. The lowest BCUT2D eigenvalue weighted by Gasteiger charge is -2.17. The van der Waals surface area contributed by atoms with Crippen LogP contribution in [-0.2, 0) is 12.7 Å². The fraction of sp³-hybridized carbons (Fsp3) is 0.385. The smallest absolute Gasteiger partial charge is 0.382 e. The van der Waals surface area contributed by atoms with Gasteiger partial charge < -0.3 is 5.11 Å². The zero-order chi connectivity index (χ0) is 14.8. The molecule has 2 rings (SSSR count). The van der Waals surface area contributed by atoms with Crippen molar-refractivity contribution in [2.24, 2.45) is 0 Å². The zero-order valence-corrected chi connectivity index (χ0v) is 10.8. The van der Waals surface area contributed by atoms with Crippen molar-refractivity contribution in [3.63, 3.8) is 0 Å². The topological polar surface area (TPSA) is 50.9 Å². The molecule has 1 aromatic carbocycles. The van der Waals surface area contributed by atoms with E-state index in [0.29, 0.717) is 6.54 Å². The number of halogens is 3. The van der Waals surface area contributed by atoms with Crippen molar-refractivity contribution in [3.8, 4) is 0 Å². The largest absolute Gasteiger partial charge is 0.416 e. The van der Waals surface area contributed by atoms with Crippen LogP contribution in [0.4, 0.5) is 13.2 Å². The minimum atomic E-state index is -4.51. The summed E-state index contributed by atoms with van der Waals surface area (Å²) in [5.74, 6) is 0. The quantitative estimate of drug-likeness (QED) is 0.939. The van der Waals surface area contributed by atoms with Crippen LogP contribution in [0, 0.1) is 0 Å². The number of hydrogen-bond acceptors (Lipinski definition) is 3. The van der Waals surface area contributed by atoms with Gasteiger partial charge in [-0.25, -0.2) is 4.68 Å². The summed E-state index contributed by atoms with van der Waals surface area (Å²) in [7, 11) is 0. The van der Waals surface area contributed by atoms with Crippen LogP contribution in [0.3, 0.4) is 0 Å². The van der Waals surface area contributed by atoms with E-state index in [1.807, 2.05) is 6.92 Å². The van der Waals surface area contributed by atoms with Crippen molar-refractivity contribution in [3.05, 3.63) is 47.3 Å². The molecule has 0 fully saturated rings. The van der Waals surface area contributed by atoms with E-state index in [2.05, 4.69) is 10.3 Å². The first-order valence-electron chi connectivity index (χ1n) is 6.17. The molecule has 1 atom stereocenters. The highest BCUT2D eigenvalue weighted by molar-refractivity contribution is 5.35. The number of aliphatic hydroxyl groups is 1. The maximum atomic E-state index is 12.9. The molecule has 1 unspecified atom stereocenters. The van der Waals surface area contributed by atoms with E-state index >= 15 is 0 Å². The fourth-order valence-electron chi connectivity index (χ4n) is 2.02. The summed E-state index contributed by atoms with van der Waals surface area (Å²) in [6, 6.07) is 4.96. The highest BCUT2D eigenvalue weighted by Crippen LogP contribution is 2.36. The van der Waals surface area contributed by atoms with Crippen molar-refractivity contribution in [1.29, 1.82) is 0 Å². The van der Waals surface area contributed by atoms with Crippen molar-refractivity contribution in [2.75, 3.05) is 0 Å². The summed E-state index contributed by atoms with van der Waals surface area (Å²) >= 11 is 0. The molecule has 0 bridgehead atoms. The molecule has 0 spiro atoms. The van der Waals surface area contributed by atoms with Gasteiger partial charge in [-0.3, -0.25) is 0 Å². The Morgan fingerprint density at radius 2 is 2.00 bits per heavy atom. The van der Waals surface area contributed by atoms with Crippen LogP contribution in [0.2, 0.25) is 0 Å². The third-order valence-corrected chi connectivity index (χ3v) is 2.92. The summed E-state index contributed by atoms with van der Waals surface area (Å²) < 4.78 is 40.3. The highest BCUT2D eigenvalue weighted by Gasteiger charge is 2.35. The molecule has 108 valence electrons. The summed E-state index contributed by atoms with van der Waals surface area (Å²) in [5.41, 5.74) is -0.792. The molecular formula is C13H14F3N3O. The zero-order valence-electron chi connectivity index (χ0n) is 10.8. The Kier molecular flexibility index (Phi) is 4.08. The molecule has 20 heavy (non-hydrogen) atoms. The number of alkyl halides is 3. The first-order chi connectivity index (χ1) is 9.45. The first kappa shape index (κ1) is 14.5. The van der Waals surface area contributed by atoms with Crippen LogP contribution in [0.5, 0.6) is 0 Å². The van der Waals surface area contributed by atoms with Gasteiger partial charge >= 0.3 is 6.18 Å². The maximum absolute atomic E-state index is 12.9. The van der Waals surface area contributed by atoms with Gasteiger partial charge in [0.1, 0.15) is 6.10 Å². The molecule has 4 nitrogen and oxygen atoms in total. The van der Waals surface area contributed by atoms with E-state index in [-0.39, 0.29) is 11.3 Å². The summed E-state index contributed by atoms with van der Waals surface area (Å²) in [6.45, 7) is 2.39. The van der Waals surface area contributed by atoms with Gasteiger partial charge in [0.15, 0.2) is 0 Å². The Hall–Kier alpha value is -1.89. The molecule has 0 aliphatic carbocycles. The third-order valence-electron chi connectivity index (χ3n) is 2.92. The van der Waals surface area contributed by atoms with E-state index in [0.717, 1.165) is 12.5 Å². The molecule has 0 radical (unpaired) electrons. The maximum Gasteiger partial charge on any atom is 0.416 e. The monoisotopic (exact) mass is 285 g/mol. The van der Waals surface area contributed by atoms with Gasteiger partial charge in [-0.05, 0) is 18.1 Å². The van der Waals surface area contributed by atoms with Crippen molar-refractivity contribution >= 4 is 0 Å². The normalized spacial score (nSPS) is 13.4. The summed E-state index contributed by atoms with van der Waals surface area (Å²) in [4.78, 5) is 0. The van der Waals surface area contributed by atoms with E-state index in [1.165, 1.54) is 29.1 Å². The Morgan fingerprint density at radius 3 is 2.65 bits per heavy atom. The molecule has 1 aromatic heterocycles. The van der Waals surface area contributed by atoms with E-state index in [1.54, 1.807) is 0 Å². The standard InChI is InChI=1S/C13H14F3N3O/c1-2-7-19-11(8-17-18-19)12(20)9-5-3-4-6-10(9)13(14,15)16/h3-6,8,12,20H,2,7H2,1H3. The van der Waals surface area contributed by atoms with E-state index in [9.17, 15) is 18.3 Å². The lowest BCUT2D eigenvalue weighted by atomic mass is 10.00. The number of aliphatic hydroxyl groups excluding tert-OH is 1. The Morgan fingerprint density at radius 1 is 1.30 bits per heavy atom. The minimum absolute atomic E-state index is 0.195. The molecule has 0 saturated heterocycles. The second-order valence-electron chi connectivity index (χ2n) is 4.37. The predicted molar refractivity (Wildman–Crippen MR) is 65.8 cm³/mol. The van der Waals surface area contributed by atoms with Crippen molar-refractivity contribution in [1.82, 2.24) is 15.0 Å². The molecule has 1 heterocycles. The van der Waals surface area contributed by atoms with Gasteiger partial charge in [0.25, 0.3) is 0 Å². The number of hydrogen-bond donors (Lipinski definition) is 1. The number of aromatic nitrogens is 3. The number of nitrogens with zero attached hydrogens (tertiary/aromatic N) is 3. The Bertz CT molecular complexity index is 580. The van der Waals surface area contributed by atoms with Crippen molar-refractivity contribution < 1.29 is 18.3 Å². The molecular weight excluding hydrogens is 271 g/mol. The number of aryl methyl sites for hydroxylation is 1. The molecule has 2 aromatic rings. The molecule has 0 aliphatic rings. The predicted octanol–water partition coefficient (Wildman–Crippen LogP) is 2.79. The van der Waals surface area contributed by atoms with Gasteiger partial charge in [0, 0.05) is 6.54 Å². The van der Waals surface area contributed by atoms with E-state index in [4.69, 9.17) is 0 Å². The minimum Gasteiger partial charge on any atom is -0.382 e. The van der Waals surface area contributed by atoms with Gasteiger partial charge in [0.05, 0.1) is 17.5 Å². The van der Waals surface area contributed by atoms with Gasteiger partial charge in [0.2, 0.25) is 0 Å². The number of benzene rings is 1. The molecule has 7 heteroatoms. The van der Waals surface area contributed by atoms with Crippen LogP contribution in [-0.4, -0.2) is 20.1 Å². The molecule has 0 aliphatic heterocycles. The highest BCUT2D eigenvalue weighted by atomic mass is 19.4. The molecule has 1 N–H and O–H groups in total. The molecule has 0 amide bonds. The van der Waals surface area contributed by atoms with Gasteiger partial charge in [-0.1, -0.05) is 30.3 Å². The Labute approximate surface area is 113 Å². The van der Waals surface area contributed by atoms with Crippen LogP contribution in [0.25, 0.3) is 0 Å². The second kappa shape index (κ2) is 5.62. The molecule has 0 saturated carbocycles. The van der Waals surface area contributed by atoms with E-state index < -0.39 is 17.8 Å². The summed E-state index contributed by atoms with van der Waals surface area (Å²) in [5, 5.41) is 17.7. The van der Waals surface area contributed by atoms with Crippen molar-refractivity contribution in [2.45, 2.75) is 32.2 Å². The average molecular weight is 285 g/mol. The third kappa shape index (κ3) is 2.82. The van der Waals surface area contributed by atoms with Crippen LogP contribution in [0.1, 0.15) is 36.3 Å². The van der Waals surface area contributed by atoms with Crippen LogP contribution < -0.4 is 0 Å². The lowest BCUT2D eigenvalue weighted by molar-refractivity contribution is -0.139.